The highest BCUT2D eigenvalue weighted by molar-refractivity contribution is 5.93. The van der Waals surface area contributed by atoms with Crippen LogP contribution in [0.15, 0.2) is 54.6 Å². The Bertz CT molecular complexity index is 655. The summed E-state index contributed by atoms with van der Waals surface area (Å²) in [5, 5.41) is 5.98. The fourth-order valence-corrected chi connectivity index (χ4v) is 2.60. The zero-order valence-corrected chi connectivity index (χ0v) is 13.5. The molecule has 5 nitrogen and oxygen atoms in total. The zero-order chi connectivity index (χ0) is 16.6. The Labute approximate surface area is 142 Å². The van der Waals surface area contributed by atoms with Crippen molar-refractivity contribution in [1.82, 2.24) is 0 Å². The van der Waals surface area contributed by atoms with E-state index < -0.39 is 0 Å². The molecule has 1 aliphatic heterocycles. The van der Waals surface area contributed by atoms with Crippen molar-refractivity contribution >= 4 is 17.3 Å². The lowest BCUT2D eigenvalue weighted by Crippen LogP contribution is -2.22. The molecular weight excluding hydrogens is 304 g/mol. The Hall–Kier alpha value is -2.53. The Morgan fingerprint density at radius 1 is 1.12 bits per heavy atom. The van der Waals surface area contributed by atoms with Crippen LogP contribution in [0.25, 0.3) is 0 Å². The molecule has 3 rings (SSSR count). The summed E-state index contributed by atoms with van der Waals surface area (Å²) >= 11 is 0. The maximum atomic E-state index is 12.0. The van der Waals surface area contributed by atoms with Crippen molar-refractivity contribution in [3.8, 4) is 5.75 Å². The molecule has 0 aromatic heterocycles. The topological polar surface area (TPSA) is 59.6 Å². The van der Waals surface area contributed by atoms with Gasteiger partial charge in [-0.05, 0) is 37.1 Å². The molecule has 0 bridgehead atoms. The summed E-state index contributed by atoms with van der Waals surface area (Å²) in [5.41, 5.74) is 1.59. The van der Waals surface area contributed by atoms with Gasteiger partial charge in [-0.15, -0.1) is 0 Å². The minimum Gasteiger partial charge on any atom is -0.489 e. The molecule has 0 aliphatic carbocycles. The first-order chi connectivity index (χ1) is 11.8. The lowest BCUT2D eigenvalue weighted by atomic mass is 10.2. The summed E-state index contributed by atoms with van der Waals surface area (Å²) in [6, 6.07) is 17.0. The van der Waals surface area contributed by atoms with E-state index in [-0.39, 0.29) is 18.6 Å². The normalized spacial score (nSPS) is 16.6. The van der Waals surface area contributed by atoms with Gasteiger partial charge in [0.25, 0.3) is 0 Å². The molecule has 1 saturated heterocycles. The molecule has 2 aromatic rings. The highest BCUT2D eigenvalue weighted by Crippen LogP contribution is 2.24. The third kappa shape index (κ3) is 4.73. The Morgan fingerprint density at radius 2 is 1.92 bits per heavy atom. The van der Waals surface area contributed by atoms with Gasteiger partial charge in [0.1, 0.15) is 12.4 Å². The smallest absolute Gasteiger partial charge is 0.243 e. The van der Waals surface area contributed by atoms with Gasteiger partial charge in [-0.1, -0.05) is 30.3 Å². The van der Waals surface area contributed by atoms with E-state index in [4.69, 9.17) is 9.47 Å². The number of benzene rings is 2. The van der Waals surface area contributed by atoms with Gasteiger partial charge in [-0.3, -0.25) is 4.79 Å². The van der Waals surface area contributed by atoms with Crippen LogP contribution < -0.4 is 15.4 Å². The SMILES string of the molecule is O=C(CNc1ccccc1OCC1CCCO1)Nc1ccccc1. The minimum atomic E-state index is -0.102. The van der Waals surface area contributed by atoms with Crippen LogP contribution in [-0.2, 0) is 9.53 Å². The first-order valence-corrected chi connectivity index (χ1v) is 8.23. The molecule has 2 aromatic carbocycles. The number of carbonyl (C=O) groups is 1. The number of hydrogen-bond acceptors (Lipinski definition) is 4. The molecule has 1 unspecified atom stereocenters. The molecular formula is C19H22N2O3. The number of rotatable bonds is 7. The van der Waals surface area contributed by atoms with E-state index in [9.17, 15) is 4.79 Å². The third-order valence-electron chi connectivity index (χ3n) is 3.83. The van der Waals surface area contributed by atoms with Crippen LogP contribution in [-0.4, -0.2) is 31.8 Å². The average molecular weight is 326 g/mol. The molecule has 0 saturated carbocycles. The molecule has 1 aliphatic rings. The molecule has 5 heteroatoms. The third-order valence-corrected chi connectivity index (χ3v) is 3.83. The van der Waals surface area contributed by atoms with E-state index in [0.717, 1.165) is 36.6 Å². The maximum Gasteiger partial charge on any atom is 0.243 e. The zero-order valence-electron chi connectivity index (χ0n) is 13.5. The molecule has 126 valence electrons. The van der Waals surface area contributed by atoms with Crippen LogP contribution >= 0.6 is 0 Å². The van der Waals surface area contributed by atoms with Crippen molar-refractivity contribution < 1.29 is 14.3 Å². The molecule has 24 heavy (non-hydrogen) atoms. The summed E-state index contributed by atoms with van der Waals surface area (Å²) < 4.78 is 11.4. The van der Waals surface area contributed by atoms with Gasteiger partial charge in [0, 0.05) is 12.3 Å². The minimum absolute atomic E-state index is 0.102. The van der Waals surface area contributed by atoms with E-state index in [2.05, 4.69) is 10.6 Å². The lowest BCUT2D eigenvalue weighted by Gasteiger charge is -2.15. The van der Waals surface area contributed by atoms with E-state index in [0.29, 0.717) is 6.61 Å². The number of ether oxygens (including phenoxy) is 2. The Balaban J connectivity index is 1.51. The predicted octanol–water partition coefficient (Wildman–Crippen LogP) is 3.30. The average Bonchev–Trinajstić information content (AvgIpc) is 3.13. The summed E-state index contributed by atoms with van der Waals surface area (Å²) in [6.45, 7) is 1.53. The van der Waals surface area contributed by atoms with E-state index in [1.165, 1.54) is 0 Å². The van der Waals surface area contributed by atoms with Gasteiger partial charge in [0.15, 0.2) is 0 Å². The number of nitrogens with one attached hydrogen (secondary N) is 2. The van der Waals surface area contributed by atoms with Crippen molar-refractivity contribution in [3.05, 3.63) is 54.6 Å². The summed E-state index contributed by atoms with van der Waals surface area (Å²) in [7, 11) is 0. The van der Waals surface area contributed by atoms with Gasteiger partial charge < -0.3 is 20.1 Å². The highest BCUT2D eigenvalue weighted by atomic mass is 16.5. The molecule has 0 spiro atoms. The van der Waals surface area contributed by atoms with Crippen LogP contribution in [0.5, 0.6) is 5.75 Å². The first-order valence-electron chi connectivity index (χ1n) is 8.23. The van der Waals surface area contributed by atoms with Crippen LogP contribution in [0, 0.1) is 0 Å². The van der Waals surface area contributed by atoms with Gasteiger partial charge in [-0.2, -0.15) is 0 Å². The number of para-hydroxylation sites is 3. The molecule has 2 N–H and O–H groups in total. The maximum absolute atomic E-state index is 12.0. The second kappa shape index (κ2) is 8.36. The summed E-state index contributed by atoms with van der Waals surface area (Å²) in [6.07, 6.45) is 2.29. The van der Waals surface area contributed by atoms with Crippen LogP contribution in [0.2, 0.25) is 0 Å². The molecule has 1 heterocycles. The number of amides is 1. The fraction of sp³-hybridized carbons (Fsp3) is 0.316. The van der Waals surface area contributed by atoms with Crippen molar-refractivity contribution in [3.63, 3.8) is 0 Å². The van der Waals surface area contributed by atoms with Gasteiger partial charge >= 0.3 is 0 Å². The van der Waals surface area contributed by atoms with Crippen molar-refractivity contribution in [1.29, 1.82) is 0 Å². The quantitative estimate of drug-likeness (QED) is 0.820. The molecule has 0 radical (unpaired) electrons. The van der Waals surface area contributed by atoms with Crippen molar-refractivity contribution in [2.24, 2.45) is 0 Å². The Morgan fingerprint density at radius 3 is 2.71 bits per heavy atom. The van der Waals surface area contributed by atoms with E-state index in [1.54, 1.807) is 0 Å². The number of anilines is 2. The second-order valence-electron chi connectivity index (χ2n) is 5.71. The first kappa shape index (κ1) is 16.3. The highest BCUT2D eigenvalue weighted by Gasteiger charge is 2.16. The van der Waals surface area contributed by atoms with Gasteiger partial charge in [0.2, 0.25) is 5.91 Å². The largest absolute Gasteiger partial charge is 0.489 e. The van der Waals surface area contributed by atoms with E-state index in [1.807, 2.05) is 54.6 Å². The van der Waals surface area contributed by atoms with Gasteiger partial charge in [-0.25, -0.2) is 0 Å². The van der Waals surface area contributed by atoms with Crippen LogP contribution in [0.3, 0.4) is 0 Å². The van der Waals surface area contributed by atoms with Crippen LogP contribution in [0.4, 0.5) is 11.4 Å². The van der Waals surface area contributed by atoms with Crippen LogP contribution in [0.1, 0.15) is 12.8 Å². The van der Waals surface area contributed by atoms with Gasteiger partial charge in [0.05, 0.1) is 18.3 Å². The second-order valence-corrected chi connectivity index (χ2v) is 5.71. The monoisotopic (exact) mass is 326 g/mol. The van der Waals surface area contributed by atoms with Crippen molar-refractivity contribution in [2.45, 2.75) is 18.9 Å². The summed E-state index contributed by atoms with van der Waals surface area (Å²) in [4.78, 5) is 12.0. The Kier molecular flexibility index (Phi) is 5.69. The number of hydrogen-bond donors (Lipinski definition) is 2. The molecule has 1 amide bonds. The predicted molar refractivity (Wildman–Crippen MR) is 94.5 cm³/mol. The van der Waals surface area contributed by atoms with Crippen molar-refractivity contribution in [2.75, 3.05) is 30.4 Å². The van der Waals surface area contributed by atoms with E-state index >= 15 is 0 Å². The molecule has 1 fully saturated rings. The standard InChI is InChI=1S/C19H22N2O3/c22-19(21-15-7-2-1-3-8-15)13-20-17-10-4-5-11-18(17)24-14-16-9-6-12-23-16/h1-5,7-8,10-11,16,20H,6,9,12-14H2,(H,21,22). The lowest BCUT2D eigenvalue weighted by molar-refractivity contribution is -0.114. The fourth-order valence-electron chi connectivity index (χ4n) is 2.60. The molecule has 1 atom stereocenters. The number of carbonyl (C=O) groups excluding carboxylic acids is 1. The summed E-state index contributed by atoms with van der Waals surface area (Å²) in [5.74, 6) is 0.635.